The molecule has 98 valence electrons. The van der Waals surface area contributed by atoms with Crippen molar-refractivity contribution >= 4 is 0 Å². The van der Waals surface area contributed by atoms with Gasteiger partial charge < -0.3 is 9.47 Å². The summed E-state index contributed by atoms with van der Waals surface area (Å²) < 4.78 is 11.3. The first-order valence-electron chi connectivity index (χ1n) is 7.06. The van der Waals surface area contributed by atoms with Gasteiger partial charge in [-0.2, -0.15) is 0 Å². The Labute approximate surface area is 103 Å². The Morgan fingerprint density at radius 3 is 2.59 bits per heavy atom. The van der Waals surface area contributed by atoms with Crippen LogP contribution in [-0.4, -0.2) is 31.5 Å². The van der Waals surface area contributed by atoms with Crippen molar-refractivity contribution in [3.63, 3.8) is 0 Å². The lowest BCUT2D eigenvalue weighted by atomic mass is 9.79. The van der Waals surface area contributed by atoms with Crippen molar-refractivity contribution in [2.24, 2.45) is 17.7 Å². The second-order valence-electron chi connectivity index (χ2n) is 5.84. The van der Waals surface area contributed by atoms with Gasteiger partial charge in [-0.25, -0.2) is 0 Å². The fraction of sp³-hybridized carbons (Fsp3) is 1.00. The van der Waals surface area contributed by atoms with E-state index in [0.29, 0.717) is 24.2 Å². The lowest BCUT2D eigenvalue weighted by Crippen LogP contribution is -2.45. The van der Waals surface area contributed by atoms with Crippen LogP contribution in [0.1, 0.15) is 38.5 Å². The molecule has 0 aromatic carbocycles. The normalized spacial score (nSPS) is 39.7. The van der Waals surface area contributed by atoms with Crippen molar-refractivity contribution in [1.82, 2.24) is 5.43 Å². The third kappa shape index (κ3) is 2.50. The van der Waals surface area contributed by atoms with E-state index < -0.39 is 0 Å². The third-order valence-electron chi connectivity index (χ3n) is 4.81. The van der Waals surface area contributed by atoms with E-state index in [4.69, 9.17) is 15.3 Å². The van der Waals surface area contributed by atoms with Crippen molar-refractivity contribution in [3.05, 3.63) is 0 Å². The van der Waals surface area contributed by atoms with E-state index in [1.165, 1.54) is 38.5 Å². The molecule has 3 saturated heterocycles. The summed E-state index contributed by atoms with van der Waals surface area (Å²) in [5.41, 5.74) is 3.06. The van der Waals surface area contributed by atoms with Gasteiger partial charge in [0, 0.05) is 25.2 Å². The van der Waals surface area contributed by atoms with Crippen LogP contribution >= 0.6 is 0 Å². The second kappa shape index (κ2) is 5.22. The fourth-order valence-electron chi connectivity index (χ4n) is 3.81. The zero-order chi connectivity index (χ0) is 11.7. The van der Waals surface area contributed by atoms with E-state index in [1.54, 1.807) is 0 Å². The number of nitrogens with one attached hydrogen (secondary N) is 1. The molecule has 0 amide bonds. The van der Waals surface area contributed by atoms with Gasteiger partial charge in [0.05, 0.1) is 12.2 Å². The minimum Gasteiger partial charge on any atom is -0.381 e. The predicted molar refractivity (Wildman–Crippen MR) is 65.3 cm³/mol. The van der Waals surface area contributed by atoms with Crippen LogP contribution in [0.2, 0.25) is 0 Å². The molecule has 0 spiro atoms. The maximum atomic E-state index is 5.94. The molecule has 0 aromatic heterocycles. The monoisotopic (exact) mass is 240 g/mol. The van der Waals surface area contributed by atoms with Gasteiger partial charge in [0.15, 0.2) is 0 Å². The highest BCUT2D eigenvalue weighted by molar-refractivity contribution is 4.95. The standard InChI is InChI=1S/C13H24N2O2/c14-15-12(7-9-3-5-16-6-4-9)11-8-10-1-2-13(11)17-10/h9-13,15H,1-8,14H2. The summed E-state index contributed by atoms with van der Waals surface area (Å²) in [4.78, 5) is 0. The minimum atomic E-state index is 0.438. The van der Waals surface area contributed by atoms with Crippen LogP contribution in [0, 0.1) is 11.8 Å². The molecule has 4 unspecified atom stereocenters. The average molecular weight is 240 g/mol. The maximum absolute atomic E-state index is 5.94. The van der Waals surface area contributed by atoms with Gasteiger partial charge in [0.2, 0.25) is 0 Å². The van der Waals surface area contributed by atoms with Gasteiger partial charge >= 0.3 is 0 Å². The van der Waals surface area contributed by atoms with Crippen LogP contribution in [0.15, 0.2) is 0 Å². The molecule has 0 radical (unpaired) electrons. The molecule has 3 N–H and O–H groups in total. The molecule has 2 bridgehead atoms. The Balaban J connectivity index is 1.55. The smallest absolute Gasteiger partial charge is 0.0624 e. The molecule has 4 atom stereocenters. The van der Waals surface area contributed by atoms with Crippen LogP contribution < -0.4 is 11.3 Å². The van der Waals surface area contributed by atoms with Crippen LogP contribution in [-0.2, 0) is 9.47 Å². The minimum absolute atomic E-state index is 0.438. The van der Waals surface area contributed by atoms with Crippen molar-refractivity contribution in [2.75, 3.05) is 13.2 Å². The van der Waals surface area contributed by atoms with E-state index in [1.807, 2.05) is 0 Å². The van der Waals surface area contributed by atoms with Crippen LogP contribution in [0.5, 0.6) is 0 Å². The van der Waals surface area contributed by atoms with Gasteiger partial charge in [-0.15, -0.1) is 0 Å². The van der Waals surface area contributed by atoms with Crippen LogP contribution in [0.4, 0.5) is 0 Å². The lowest BCUT2D eigenvalue weighted by Gasteiger charge is -2.32. The number of hydrogen-bond donors (Lipinski definition) is 2. The van der Waals surface area contributed by atoms with Gasteiger partial charge in [-0.1, -0.05) is 0 Å². The Kier molecular flexibility index (Phi) is 3.66. The lowest BCUT2D eigenvalue weighted by molar-refractivity contribution is 0.0515. The van der Waals surface area contributed by atoms with Gasteiger partial charge in [0.1, 0.15) is 0 Å². The van der Waals surface area contributed by atoms with Crippen LogP contribution in [0.25, 0.3) is 0 Å². The first-order chi connectivity index (χ1) is 8.36. The van der Waals surface area contributed by atoms with Crippen molar-refractivity contribution in [3.8, 4) is 0 Å². The molecule has 4 nitrogen and oxygen atoms in total. The largest absolute Gasteiger partial charge is 0.381 e. The van der Waals surface area contributed by atoms with E-state index >= 15 is 0 Å². The molecule has 3 aliphatic rings. The molecule has 3 fully saturated rings. The molecule has 0 aliphatic carbocycles. The highest BCUT2D eigenvalue weighted by atomic mass is 16.5. The summed E-state index contributed by atoms with van der Waals surface area (Å²) in [5.74, 6) is 7.19. The Bertz CT molecular complexity index is 256. The summed E-state index contributed by atoms with van der Waals surface area (Å²) in [7, 11) is 0. The van der Waals surface area contributed by atoms with Crippen molar-refractivity contribution in [2.45, 2.75) is 56.8 Å². The second-order valence-corrected chi connectivity index (χ2v) is 5.84. The highest BCUT2D eigenvalue weighted by Gasteiger charge is 2.44. The zero-order valence-electron chi connectivity index (χ0n) is 10.4. The first kappa shape index (κ1) is 11.9. The van der Waals surface area contributed by atoms with E-state index in [-0.39, 0.29) is 0 Å². The van der Waals surface area contributed by atoms with Gasteiger partial charge in [0.25, 0.3) is 0 Å². The Morgan fingerprint density at radius 1 is 1.18 bits per heavy atom. The molecule has 4 heteroatoms. The molecule has 0 saturated carbocycles. The molecule has 3 aliphatic heterocycles. The average Bonchev–Trinajstić information content (AvgIpc) is 2.99. The highest BCUT2D eigenvalue weighted by Crippen LogP contribution is 2.41. The van der Waals surface area contributed by atoms with E-state index in [2.05, 4.69) is 5.43 Å². The number of nitrogens with two attached hydrogens (primary N) is 1. The summed E-state index contributed by atoms with van der Waals surface area (Å²) in [6.07, 6.45) is 8.28. The summed E-state index contributed by atoms with van der Waals surface area (Å²) in [5, 5.41) is 0. The van der Waals surface area contributed by atoms with Crippen molar-refractivity contribution in [1.29, 1.82) is 0 Å². The molecule has 17 heavy (non-hydrogen) atoms. The van der Waals surface area contributed by atoms with E-state index in [9.17, 15) is 0 Å². The number of hydrazine groups is 1. The Morgan fingerprint density at radius 2 is 2.00 bits per heavy atom. The first-order valence-corrected chi connectivity index (χ1v) is 7.06. The topological polar surface area (TPSA) is 56.5 Å². The Hall–Kier alpha value is -0.160. The number of hydrogen-bond acceptors (Lipinski definition) is 4. The zero-order valence-corrected chi connectivity index (χ0v) is 10.4. The molecular formula is C13H24N2O2. The van der Waals surface area contributed by atoms with Crippen molar-refractivity contribution < 1.29 is 9.47 Å². The number of rotatable bonds is 4. The summed E-state index contributed by atoms with van der Waals surface area (Å²) in [6, 6.07) is 0.438. The third-order valence-corrected chi connectivity index (χ3v) is 4.81. The molecule has 3 rings (SSSR count). The quantitative estimate of drug-likeness (QED) is 0.573. The number of fused-ring (bicyclic) bond motifs is 2. The maximum Gasteiger partial charge on any atom is 0.0624 e. The van der Waals surface area contributed by atoms with Gasteiger partial charge in [-0.3, -0.25) is 11.3 Å². The SMILES string of the molecule is NNC(CC1CCOCC1)C1CC2CCC1O2. The molecule has 3 heterocycles. The van der Waals surface area contributed by atoms with E-state index in [0.717, 1.165) is 19.1 Å². The summed E-state index contributed by atoms with van der Waals surface area (Å²) in [6.45, 7) is 1.85. The fourth-order valence-corrected chi connectivity index (χ4v) is 3.81. The number of ether oxygens (including phenoxy) is 2. The molecule has 0 aromatic rings. The van der Waals surface area contributed by atoms with Crippen LogP contribution in [0.3, 0.4) is 0 Å². The molecular weight excluding hydrogens is 216 g/mol. The van der Waals surface area contributed by atoms with Gasteiger partial charge in [-0.05, 0) is 44.4 Å². The summed E-state index contributed by atoms with van der Waals surface area (Å²) >= 11 is 0. The predicted octanol–water partition coefficient (Wildman–Crippen LogP) is 1.20.